The largest absolute Gasteiger partial charge is 0.457 e. The van der Waals surface area contributed by atoms with Crippen molar-refractivity contribution in [2.45, 2.75) is 30.9 Å². The number of carbonyl (C=O) groups is 2. The molecule has 3 heterocycles. The first-order valence-electron chi connectivity index (χ1n) is 11.2. The highest BCUT2D eigenvalue weighted by molar-refractivity contribution is 7.91. The molecule has 36 heavy (non-hydrogen) atoms. The number of hydrogen-bond acceptors (Lipinski definition) is 8. The van der Waals surface area contributed by atoms with Crippen LogP contribution in [0.15, 0.2) is 65.7 Å². The molecular formula is C25H22N4O6S. The number of aliphatic hydroxyl groups is 1. The summed E-state index contributed by atoms with van der Waals surface area (Å²) in [5.41, 5.74) is 2.35. The summed E-state index contributed by atoms with van der Waals surface area (Å²) in [5, 5.41) is 9.82. The number of imide groups is 1. The fourth-order valence-corrected chi connectivity index (χ4v) is 4.82. The summed E-state index contributed by atoms with van der Waals surface area (Å²) in [6.07, 6.45) is 0.0285. The number of hydrogen-bond donors (Lipinski definition) is 2. The van der Waals surface area contributed by atoms with Crippen molar-refractivity contribution >= 4 is 32.7 Å². The van der Waals surface area contributed by atoms with Gasteiger partial charge in [0, 0.05) is 17.8 Å². The Morgan fingerprint density at radius 1 is 1.14 bits per heavy atom. The van der Waals surface area contributed by atoms with E-state index in [4.69, 9.17) is 4.74 Å². The third kappa shape index (κ3) is 4.45. The van der Waals surface area contributed by atoms with Crippen LogP contribution in [0, 0.1) is 0 Å². The minimum Gasteiger partial charge on any atom is -0.457 e. The van der Waals surface area contributed by atoms with Crippen molar-refractivity contribution in [2.75, 3.05) is 5.75 Å². The molecule has 0 radical (unpaired) electrons. The number of imidazole rings is 1. The van der Waals surface area contributed by atoms with E-state index in [1.54, 1.807) is 31.3 Å². The van der Waals surface area contributed by atoms with Gasteiger partial charge in [0.2, 0.25) is 5.91 Å². The molecule has 5 rings (SSSR count). The molecule has 1 saturated heterocycles. The molecule has 2 N–H and O–H groups in total. The zero-order valence-corrected chi connectivity index (χ0v) is 20.0. The summed E-state index contributed by atoms with van der Waals surface area (Å²) in [7, 11) is -3.36. The maximum atomic E-state index is 12.3. The summed E-state index contributed by atoms with van der Waals surface area (Å²) < 4.78 is 30.3. The lowest BCUT2D eigenvalue weighted by Gasteiger charge is -2.17. The predicted molar refractivity (Wildman–Crippen MR) is 130 cm³/mol. The molecule has 2 aromatic carbocycles. The fourth-order valence-electron chi connectivity index (χ4n) is 3.94. The first-order valence-corrected chi connectivity index (χ1v) is 12.9. The molecule has 2 amide bonds. The zero-order valence-electron chi connectivity index (χ0n) is 19.2. The standard InChI is InChI=1S/C25H22N4O6S/c1-2-36(33,34)17-8-6-16(7-9-17)35-22-12-20-19(27-24(28-20)18-5-3-4-10-26-18)11-15(22)14-29-23(31)13-21(30)25(29)32/h3-12,21,30H,2,13-14H2,1H3,(H,27,28). The highest BCUT2D eigenvalue weighted by Gasteiger charge is 2.37. The number of rotatable bonds is 7. The van der Waals surface area contributed by atoms with Crippen LogP contribution in [0.25, 0.3) is 22.6 Å². The average Bonchev–Trinajstić information content (AvgIpc) is 3.40. The number of nitrogens with zero attached hydrogens (tertiary/aromatic N) is 3. The van der Waals surface area contributed by atoms with Crippen LogP contribution in [-0.2, 0) is 26.0 Å². The van der Waals surface area contributed by atoms with Crippen molar-refractivity contribution in [3.8, 4) is 23.0 Å². The van der Waals surface area contributed by atoms with Gasteiger partial charge in [-0.1, -0.05) is 13.0 Å². The number of pyridine rings is 1. The van der Waals surface area contributed by atoms with Crippen molar-refractivity contribution in [1.82, 2.24) is 19.9 Å². The number of aliphatic hydroxyl groups excluding tert-OH is 1. The second-order valence-corrected chi connectivity index (χ2v) is 10.6. The van der Waals surface area contributed by atoms with Crippen molar-refractivity contribution in [3.05, 3.63) is 66.4 Å². The Hall–Kier alpha value is -4.09. The molecule has 4 aromatic rings. The van der Waals surface area contributed by atoms with E-state index in [2.05, 4.69) is 15.0 Å². The van der Waals surface area contributed by atoms with E-state index in [0.29, 0.717) is 39.6 Å². The molecule has 1 atom stereocenters. The molecule has 11 heteroatoms. The number of likely N-dealkylation sites (tertiary alicyclic amines) is 1. The summed E-state index contributed by atoms with van der Waals surface area (Å²) in [5.74, 6) is 0.0621. The summed E-state index contributed by atoms with van der Waals surface area (Å²) in [4.78, 5) is 37.9. The lowest BCUT2D eigenvalue weighted by atomic mass is 10.1. The third-order valence-electron chi connectivity index (χ3n) is 5.91. The second kappa shape index (κ2) is 9.17. The van der Waals surface area contributed by atoms with Gasteiger partial charge in [0.25, 0.3) is 5.91 Å². The van der Waals surface area contributed by atoms with Crippen LogP contribution in [0.1, 0.15) is 18.9 Å². The maximum absolute atomic E-state index is 12.3. The van der Waals surface area contributed by atoms with E-state index in [1.165, 1.54) is 24.3 Å². The van der Waals surface area contributed by atoms with E-state index in [9.17, 15) is 23.1 Å². The summed E-state index contributed by atoms with van der Waals surface area (Å²) in [6, 6.07) is 14.8. The molecule has 0 bridgehead atoms. The van der Waals surface area contributed by atoms with Gasteiger partial charge < -0.3 is 14.8 Å². The predicted octanol–water partition coefficient (Wildman–Crippen LogP) is 2.83. The van der Waals surface area contributed by atoms with Gasteiger partial charge in [0.15, 0.2) is 15.7 Å². The Balaban J connectivity index is 1.54. The van der Waals surface area contributed by atoms with E-state index in [-0.39, 0.29) is 23.6 Å². The number of benzene rings is 2. The summed E-state index contributed by atoms with van der Waals surface area (Å²) in [6.45, 7) is 1.46. The number of fused-ring (bicyclic) bond motifs is 1. The Kier molecular flexibility index (Phi) is 6.02. The van der Waals surface area contributed by atoms with Crippen LogP contribution in [0.4, 0.5) is 0 Å². The van der Waals surface area contributed by atoms with E-state index in [1.807, 2.05) is 12.1 Å². The number of ether oxygens (including phenoxy) is 1. The Labute approximate surface area is 206 Å². The topological polar surface area (TPSA) is 143 Å². The van der Waals surface area contributed by atoms with Gasteiger partial charge >= 0.3 is 0 Å². The molecule has 0 saturated carbocycles. The highest BCUT2D eigenvalue weighted by Crippen LogP contribution is 2.33. The number of H-pyrrole nitrogens is 1. The molecule has 1 fully saturated rings. The van der Waals surface area contributed by atoms with E-state index in [0.717, 1.165) is 4.90 Å². The van der Waals surface area contributed by atoms with Gasteiger partial charge in [-0.05, 0) is 42.5 Å². The van der Waals surface area contributed by atoms with Crippen LogP contribution >= 0.6 is 0 Å². The van der Waals surface area contributed by atoms with Crippen LogP contribution < -0.4 is 4.74 Å². The van der Waals surface area contributed by atoms with E-state index >= 15 is 0 Å². The van der Waals surface area contributed by atoms with Crippen molar-refractivity contribution < 1.29 is 27.9 Å². The van der Waals surface area contributed by atoms with Gasteiger partial charge in [-0.3, -0.25) is 19.5 Å². The van der Waals surface area contributed by atoms with Gasteiger partial charge in [0.1, 0.15) is 23.3 Å². The number of sulfone groups is 1. The van der Waals surface area contributed by atoms with Crippen molar-refractivity contribution in [2.24, 2.45) is 0 Å². The Morgan fingerprint density at radius 2 is 1.92 bits per heavy atom. The molecule has 1 unspecified atom stereocenters. The Morgan fingerprint density at radius 3 is 2.56 bits per heavy atom. The normalized spacial score (nSPS) is 16.2. The lowest BCUT2D eigenvalue weighted by molar-refractivity contribution is -0.141. The zero-order chi connectivity index (χ0) is 25.4. The van der Waals surface area contributed by atoms with E-state index < -0.39 is 27.8 Å². The first-order chi connectivity index (χ1) is 17.2. The first kappa shape index (κ1) is 23.6. The number of aromatic nitrogens is 3. The number of aromatic amines is 1. The maximum Gasteiger partial charge on any atom is 0.258 e. The number of nitrogens with one attached hydrogen (secondary N) is 1. The lowest BCUT2D eigenvalue weighted by Crippen LogP contribution is -2.31. The summed E-state index contributed by atoms with van der Waals surface area (Å²) >= 11 is 0. The number of carbonyl (C=O) groups excluding carboxylic acids is 2. The minimum absolute atomic E-state index is 0.0183. The van der Waals surface area contributed by atoms with Crippen LogP contribution in [0.3, 0.4) is 0 Å². The van der Waals surface area contributed by atoms with Gasteiger partial charge in [-0.2, -0.15) is 0 Å². The van der Waals surface area contributed by atoms with Gasteiger partial charge in [-0.25, -0.2) is 13.4 Å². The Bertz CT molecular complexity index is 1570. The molecule has 184 valence electrons. The highest BCUT2D eigenvalue weighted by atomic mass is 32.2. The van der Waals surface area contributed by atoms with Crippen LogP contribution in [0.2, 0.25) is 0 Å². The molecule has 0 aliphatic carbocycles. The SMILES string of the molecule is CCS(=O)(=O)c1ccc(Oc2cc3nc(-c4ccccn4)[nH]c3cc2CN2C(=O)CC(O)C2=O)cc1. The smallest absolute Gasteiger partial charge is 0.258 e. The van der Waals surface area contributed by atoms with Gasteiger partial charge in [0.05, 0.1) is 34.6 Å². The molecule has 2 aromatic heterocycles. The molecule has 0 spiro atoms. The molecule has 10 nitrogen and oxygen atoms in total. The molecular weight excluding hydrogens is 484 g/mol. The third-order valence-corrected chi connectivity index (χ3v) is 7.66. The molecule has 1 aliphatic rings. The minimum atomic E-state index is -3.36. The van der Waals surface area contributed by atoms with Crippen LogP contribution in [0.5, 0.6) is 11.5 Å². The van der Waals surface area contributed by atoms with Gasteiger partial charge in [-0.15, -0.1) is 0 Å². The molecule has 1 aliphatic heterocycles. The monoisotopic (exact) mass is 506 g/mol. The van der Waals surface area contributed by atoms with Crippen molar-refractivity contribution in [3.63, 3.8) is 0 Å². The average molecular weight is 507 g/mol. The van der Waals surface area contributed by atoms with Crippen LogP contribution in [-0.4, -0.2) is 57.0 Å². The number of amides is 2. The second-order valence-electron chi connectivity index (χ2n) is 8.29. The fraction of sp³-hybridized carbons (Fsp3) is 0.200. The quantitative estimate of drug-likeness (QED) is 0.364. The van der Waals surface area contributed by atoms with Crippen molar-refractivity contribution in [1.29, 1.82) is 0 Å².